The second kappa shape index (κ2) is 5.71. The SMILES string of the molecule is C.NS(=O)(=O)NOCc1ccccc1. The van der Waals surface area contributed by atoms with Crippen molar-refractivity contribution in [3.63, 3.8) is 0 Å². The minimum atomic E-state index is -3.77. The van der Waals surface area contributed by atoms with Gasteiger partial charge in [0.05, 0.1) is 6.61 Å². The van der Waals surface area contributed by atoms with E-state index >= 15 is 0 Å². The lowest BCUT2D eigenvalue weighted by Gasteiger charge is -2.02. The zero-order valence-electron chi connectivity index (χ0n) is 6.80. The summed E-state index contributed by atoms with van der Waals surface area (Å²) in [5.41, 5.74) is 0.860. The Morgan fingerprint density at radius 3 is 2.36 bits per heavy atom. The Bertz CT molecular complexity index is 350. The first-order valence-electron chi connectivity index (χ1n) is 3.53. The molecule has 0 radical (unpaired) electrons. The second-order valence-corrected chi connectivity index (χ2v) is 3.66. The highest BCUT2D eigenvalue weighted by Gasteiger charge is 1.99. The van der Waals surface area contributed by atoms with Crippen LogP contribution in [-0.4, -0.2) is 8.42 Å². The van der Waals surface area contributed by atoms with E-state index in [2.05, 4.69) is 9.98 Å². The molecule has 0 atom stereocenters. The second-order valence-electron chi connectivity index (χ2n) is 2.40. The fourth-order valence-corrected chi connectivity index (χ4v) is 0.992. The van der Waals surface area contributed by atoms with Gasteiger partial charge in [0.25, 0.3) is 10.2 Å². The van der Waals surface area contributed by atoms with Crippen molar-refractivity contribution in [3.05, 3.63) is 35.9 Å². The third-order valence-electron chi connectivity index (χ3n) is 1.26. The van der Waals surface area contributed by atoms with Gasteiger partial charge in [0.2, 0.25) is 0 Å². The summed E-state index contributed by atoms with van der Waals surface area (Å²) in [6.45, 7) is 0.150. The van der Waals surface area contributed by atoms with Crippen LogP contribution in [-0.2, 0) is 21.7 Å². The number of nitrogens with one attached hydrogen (secondary N) is 1. The lowest BCUT2D eigenvalue weighted by molar-refractivity contribution is 0.0795. The maximum Gasteiger partial charge on any atom is 0.296 e. The molecule has 0 aliphatic heterocycles. The third kappa shape index (κ3) is 5.65. The summed E-state index contributed by atoms with van der Waals surface area (Å²) in [5, 5.41) is 4.64. The minimum Gasteiger partial charge on any atom is -0.281 e. The number of benzene rings is 1. The third-order valence-corrected chi connectivity index (χ3v) is 1.61. The van der Waals surface area contributed by atoms with Gasteiger partial charge in [0.1, 0.15) is 0 Å². The van der Waals surface area contributed by atoms with Crippen LogP contribution in [0.1, 0.15) is 13.0 Å². The van der Waals surface area contributed by atoms with Gasteiger partial charge in [0.15, 0.2) is 0 Å². The van der Waals surface area contributed by atoms with Gasteiger partial charge in [-0.25, -0.2) is 5.14 Å². The van der Waals surface area contributed by atoms with Crippen molar-refractivity contribution in [2.75, 3.05) is 0 Å². The topological polar surface area (TPSA) is 81.4 Å². The molecule has 5 nitrogen and oxygen atoms in total. The average molecular weight is 218 g/mol. The molecular weight excluding hydrogens is 204 g/mol. The molecule has 0 aliphatic carbocycles. The first-order valence-corrected chi connectivity index (χ1v) is 5.08. The Labute approximate surface area is 84.0 Å². The molecule has 1 aromatic carbocycles. The van der Waals surface area contributed by atoms with E-state index in [0.717, 1.165) is 5.56 Å². The number of rotatable bonds is 4. The van der Waals surface area contributed by atoms with Crippen LogP contribution < -0.4 is 10.0 Å². The summed E-state index contributed by atoms with van der Waals surface area (Å²) in [6, 6.07) is 9.14. The molecular formula is C8H14N2O3S. The van der Waals surface area contributed by atoms with Crippen molar-refractivity contribution in [2.24, 2.45) is 5.14 Å². The highest BCUT2D eigenvalue weighted by molar-refractivity contribution is 7.87. The van der Waals surface area contributed by atoms with E-state index in [1.54, 1.807) is 4.89 Å². The number of nitrogens with two attached hydrogens (primary N) is 1. The summed E-state index contributed by atoms with van der Waals surface area (Å²) >= 11 is 0. The predicted molar refractivity (Wildman–Crippen MR) is 54.2 cm³/mol. The Balaban J connectivity index is 0.00000169. The first-order chi connectivity index (χ1) is 6.08. The Morgan fingerprint density at radius 2 is 1.86 bits per heavy atom. The molecule has 6 heteroatoms. The zero-order valence-corrected chi connectivity index (χ0v) is 7.62. The minimum absolute atomic E-state index is 0. The van der Waals surface area contributed by atoms with Gasteiger partial charge in [0, 0.05) is 0 Å². The first kappa shape index (κ1) is 13.1. The Morgan fingerprint density at radius 1 is 1.29 bits per heavy atom. The molecule has 0 saturated heterocycles. The van der Waals surface area contributed by atoms with Crippen molar-refractivity contribution >= 4 is 10.2 Å². The van der Waals surface area contributed by atoms with E-state index < -0.39 is 10.2 Å². The zero-order chi connectivity index (χ0) is 9.73. The van der Waals surface area contributed by atoms with Crippen LogP contribution in [0.2, 0.25) is 0 Å². The summed E-state index contributed by atoms with van der Waals surface area (Å²) in [6.07, 6.45) is 0. The number of hydrogen-bond acceptors (Lipinski definition) is 3. The fourth-order valence-electron chi connectivity index (χ4n) is 0.769. The van der Waals surface area contributed by atoms with E-state index in [4.69, 9.17) is 0 Å². The lowest BCUT2D eigenvalue weighted by atomic mass is 10.2. The van der Waals surface area contributed by atoms with Gasteiger partial charge >= 0.3 is 0 Å². The van der Waals surface area contributed by atoms with Gasteiger partial charge in [-0.15, -0.1) is 0 Å². The molecule has 1 rings (SSSR count). The normalized spacial score (nSPS) is 10.6. The maximum atomic E-state index is 10.4. The quantitative estimate of drug-likeness (QED) is 0.724. The van der Waals surface area contributed by atoms with Gasteiger partial charge in [-0.05, 0) is 5.56 Å². The molecule has 0 aromatic heterocycles. The fraction of sp³-hybridized carbons (Fsp3) is 0.250. The Kier molecular flexibility index (Phi) is 5.32. The average Bonchev–Trinajstić information content (AvgIpc) is 2.04. The van der Waals surface area contributed by atoms with E-state index in [1.807, 2.05) is 30.3 Å². The summed E-state index contributed by atoms with van der Waals surface area (Å²) in [4.78, 5) is 6.34. The highest BCUT2D eigenvalue weighted by Crippen LogP contribution is 1.98. The predicted octanol–water partition coefficient (Wildman–Crippen LogP) is 0.547. The molecule has 0 saturated carbocycles. The molecule has 0 fully saturated rings. The number of hydrogen-bond donors (Lipinski definition) is 2. The van der Waals surface area contributed by atoms with E-state index in [1.165, 1.54) is 0 Å². The van der Waals surface area contributed by atoms with Gasteiger partial charge in [-0.2, -0.15) is 8.42 Å². The van der Waals surface area contributed by atoms with Gasteiger partial charge in [-0.1, -0.05) is 42.6 Å². The molecule has 0 bridgehead atoms. The van der Waals surface area contributed by atoms with Crippen molar-refractivity contribution in [1.82, 2.24) is 4.89 Å². The molecule has 3 N–H and O–H groups in total. The molecule has 0 heterocycles. The Hall–Kier alpha value is -0.950. The van der Waals surface area contributed by atoms with E-state index in [0.29, 0.717) is 0 Å². The monoisotopic (exact) mass is 218 g/mol. The summed E-state index contributed by atoms with van der Waals surface area (Å²) in [5.74, 6) is 0. The van der Waals surface area contributed by atoms with Crippen molar-refractivity contribution < 1.29 is 13.3 Å². The van der Waals surface area contributed by atoms with Crippen molar-refractivity contribution in [2.45, 2.75) is 14.0 Å². The van der Waals surface area contributed by atoms with Crippen LogP contribution in [0.4, 0.5) is 0 Å². The van der Waals surface area contributed by atoms with E-state index in [-0.39, 0.29) is 14.0 Å². The summed E-state index contributed by atoms with van der Waals surface area (Å²) in [7, 11) is -3.77. The molecule has 0 amide bonds. The lowest BCUT2D eigenvalue weighted by Crippen LogP contribution is -2.30. The van der Waals surface area contributed by atoms with Gasteiger partial charge < -0.3 is 0 Å². The van der Waals surface area contributed by atoms with Crippen molar-refractivity contribution in [1.29, 1.82) is 0 Å². The molecule has 80 valence electrons. The molecule has 0 spiro atoms. The highest BCUT2D eigenvalue weighted by atomic mass is 32.2. The standard InChI is InChI=1S/C7H10N2O3S.CH4/c8-13(10,11)9-12-6-7-4-2-1-3-5-7;/h1-5,9H,6H2,(H2,8,10,11);1H4. The van der Waals surface area contributed by atoms with Crippen LogP contribution in [0.5, 0.6) is 0 Å². The maximum absolute atomic E-state index is 10.4. The van der Waals surface area contributed by atoms with Crippen LogP contribution >= 0.6 is 0 Å². The van der Waals surface area contributed by atoms with Crippen LogP contribution in [0, 0.1) is 0 Å². The largest absolute Gasteiger partial charge is 0.296 e. The van der Waals surface area contributed by atoms with E-state index in [9.17, 15) is 8.42 Å². The van der Waals surface area contributed by atoms with Crippen LogP contribution in [0.3, 0.4) is 0 Å². The molecule has 0 unspecified atom stereocenters. The van der Waals surface area contributed by atoms with Crippen LogP contribution in [0.25, 0.3) is 0 Å². The summed E-state index contributed by atoms with van der Waals surface area (Å²) < 4.78 is 20.7. The molecule has 14 heavy (non-hydrogen) atoms. The van der Waals surface area contributed by atoms with Crippen molar-refractivity contribution in [3.8, 4) is 0 Å². The molecule has 0 aliphatic rings. The smallest absolute Gasteiger partial charge is 0.281 e. The molecule has 1 aromatic rings. The van der Waals surface area contributed by atoms with Crippen LogP contribution in [0.15, 0.2) is 30.3 Å². The van der Waals surface area contributed by atoms with Gasteiger partial charge in [-0.3, -0.25) is 4.84 Å².